The van der Waals surface area contributed by atoms with Crippen molar-refractivity contribution in [1.82, 2.24) is 9.97 Å². The molecule has 0 aliphatic rings. The number of benzene rings is 2. The predicted octanol–water partition coefficient (Wildman–Crippen LogP) is 5.22. The Bertz CT molecular complexity index is 974. The van der Waals surface area contributed by atoms with Crippen LogP contribution in [0.2, 0.25) is 5.02 Å². The summed E-state index contributed by atoms with van der Waals surface area (Å²) in [5.74, 6) is 1.43. The van der Waals surface area contributed by atoms with Crippen LogP contribution in [0.1, 0.15) is 30.2 Å². The summed E-state index contributed by atoms with van der Waals surface area (Å²) >= 11 is 6.01. The molecule has 0 radical (unpaired) electrons. The maximum atomic E-state index is 12.6. The van der Waals surface area contributed by atoms with E-state index in [0.717, 1.165) is 11.4 Å². The normalized spacial score (nSPS) is 10.6. The molecule has 3 aromatic rings. The molecule has 0 saturated carbocycles. The van der Waals surface area contributed by atoms with Gasteiger partial charge in [-0.15, -0.1) is 0 Å². The zero-order chi connectivity index (χ0) is 20.1. The highest BCUT2D eigenvalue weighted by atomic mass is 35.5. The largest absolute Gasteiger partial charge is 0.491 e. The first-order chi connectivity index (χ1) is 13.4. The second-order valence-electron chi connectivity index (χ2n) is 6.47. The lowest BCUT2D eigenvalue weighted by molar-refractivity contribution is 0.102. The summed E-state index contributed by atoms with van der Waals surface area (Å²) in [6, 6.07) is 16.1. The molecule has 0 atom stereocenters. The molecule has 6 nitrogen and oxygen atoms in total. The van der Waals surface area contributed by atoms with E-state index in [1.807, 2.05) is 38.1 Å². The fourth-order valence-corrected chi connectivity index (χ4v) is 2.74. The van der Waals surface area contributed by atoms with Crippen LogP contribution < -0.4 is 15.4 Å². The lowest BCUT2D eigenvalue weighted by atomic mass is 10.2. The number of hydrogen-bond acceptors (Lipinski definition) is 5. The number of hydrogen-bond donors (Lipinski definition) is 2. The van der Waals surface area contributed by atoms with E-state index in [0.29, 0.717) is 22.4 Å². The van der Waals surface area contributed by atoms with E-state index in [-0.39, 0.29) is 17.7 Å². The highest BCUT2D eigenvalue weighted by Crippen LogP contribution is 2.21. The number of aryl methyl sites for hydroxylation is 1. The van der Waals surface area contributed by atoms with E-state index in [9.17, 15) is 4.79 Å². The zero-order valence-electron chi connectivity index (χ0n) is 15.9. The molecule has 0 aliphatic heterocycles. The van der Waals surface area contributed by atoms with E-state index >= 15 is 0 Å². The summed E-state index contributed by atoms with van der Waals surface area (Å²) in [6.45, 7) is 5.66. The number of amides is 1. The van der Waals surface area contributed by atoms with Gasteiger partial charge in [0.05, 0.1) is 6.10 Å². The Morgan fingerprint density at radius 1 is 1.04 bits per heavy atom. The Kier molecular flexibility index (Phi) is 6.11. The van der Waals surface area contributed by atoms with Gasteiger partial charge in [-0.2, -0.15) is 0 Å². The number of nitrogens with one attached hydrogen (secondary N) is 2. The van der Waals surface area contributed by atoms with Crippen molar-refractivity contribution >= 4 is 34.7 Å². The lowest BCUT2D eigenvalue weighted by Gasteiger charge is -2.11. The fourth-order valence-electron chi connectivity index (χ4n) is 2.55. The summed E-state index contributed by atoms with van der Waals surface area (Å²) < 4.78 is 5.60. The van der Waals surface area contributed by atoms with Gasteiger partial charge >= 0.3 is 0 Å². The molecule has 1 heterocycles. The molecule has 0 saturated heterocycles. The monoisotopic (exact) mass is 396 g/mol. The van der Waals surface area contributed by atoms with Crippen LogP contribution in [0.15, 0.2) is 54.6 Å². The number of halogens is 1. The topological polar surface area (TPSA) is 76.1 Å². The number of nitrogens with zero attached hydrogens (tertiary/aromatic N) is 2. The number of rotatable bonds is 6. The van der Waals surface area contributed by atoms with Crippen LogP contribution in [-0.4, -0.2) is 22.0 Å². The minimum absolute atomic E-state index is 0.0925. The van der Waals surface area contributed by atoms with Crippen LogP contribution in [0.5, 0.6) is 5.75 Å². The fraction of sp³-hybridized carbons (Fsp3) is 0.190. The second-order valence-corrected chi connectivity index (χ2v) is 6.90. The van der Waals surface area contributed by atoms with E-state index < -0.39 is 0 Å². The molecular weight excluding hydrogens is 376 g/mol. The summed E-state index contributed by atoms with van der Waals surface area (Å²) in [7, 11) is 0. The quantitative estimate of drug-likeness (QED) is 0.597. The maximum Gasteiger partial charge on any atom is 0.274 e. The molecule has 1 aromatic heterocycles. The van der Waals surface area contributed by atoms with Gasteiger partial charge in [0.15, 0.2) is 0 Å². The van der Waals surface area contributed by atoms with Gasteiger partial charge in [0.1, 0.15) is 23.1 Å². The highest BCUT2D eigenvalue weighted by molar-refractivity contribution is 6.30. The number of anilines is 3. The Balaban J connectivity index is 1.73. The summed E-state index contributed by atoms with van der Waals surface area (Å²) in [4.78, 5) is 21.2. The number of ether oxygens (including phenoxy) is 1. The number of carbonyl (C=O) groups excluding carboxylic acids is 1. The minimum atomic E-state index is -0.322. The van der Waals surface area contributed by atoms with Gasteiger partial charge in [0, 0.05) is 22.5 Å². The summed E-state index contributed by atoms with van der Waals surface area (Å²) in [5, 5.41) is 6.58. The van der Waals surface area contributed by atoms with E-state index in [1.165, 1.54) is 0 Å². The Morgan fingerprint density at radius 2 is 1.79 bits per heavy atom. The number of aromatic nitrogens is 2. The van der Waals surface area contributed by atoms with Crippen molar-refractivity contribution in [1.29, 1.82) is 0 Å². The smallest absolute Gasteiger partial charge is 0.274 e. The van der Waals surface area contributed by atoms with Crippen LogP contribution in [-0.2, 0) is 0 Å². The van der Waals surface area contributed by atoms with Crippen LogP contribution in [0.4, 0.5) is 17.2 Å². The second kappa shape index (κ2) is 8.71. The molecule has 28 heavy (non-hydrogen) atoms. The van der Waals surface area contributed by atoms with E-state index in [1.54, 1.807) is 37.3 Å². The molecule has 0 unspecified atom stereocenters. The van der Waals surface area contributed by atoms with Crippen molar-refractivity contribution < 1.29 is 9.53 Å². The molecule has 144 valence electrons. The van der Waals surface area contributed by atoms with Gasteiger partial charge in [0.2, 0.25) is 0 Å². The van der Waals surface area contributed by atoms with Crippen molar-refractivity contribution in [3.63, 3.8) is 0 Å². The third-order valence-electron chi connectivity index (χ3n) is 3.65. The molecule has 7 heteroatoms. The third-order valence-corrected chi connectivity index (χ3v) is 3.89. The first kappa shape index (κ1) is 19.6. The summed E-state index contributed by atoms with van der Waals surface area (Å²) in [5.41, 5.74) is 1.69. The van der Waals surface area contributed by atoms with E-state index in [2.05, 4.69) is 20.6 Å². The minimum Gasteiger partial charge on any atom is -0.491 e. The average Bonchev–Trinajstić information content (AvgIpc) is 2.62. The van der Waals surface area contributed by atoms with Crippen LogP contribution in [0.25, 0.3) is 0 Å². The lowest BCUT2D eigenvalue weighted by Crippen LogP contribution is -2.15. The number of carbonyl (C=O) groups is 1. The van der Waals surface area contributed by atoms with Gasteiger partial charge in [-0.3, -0.25) is 4.79 Å². The van der Waals surface area contributed by atoms with Gasteiger partial charge < -0.3 is 15.4 Å². The predicted molar refractivity (Wildman–Crippen MR) is 112 cm³/mol. The summed E-state index contributed by atoms with van der Waals surface area (Å²) in [6.07, 6.45) is 0.0925. The Hall–Kier alpha value is -3.12. The molecule has 1 amide bonds. The van der Waals surface area contributed by atoms with Crippen molar-refractivity contribution in [2.75, 3.05) is 10.6 Å². The van der Waals surface area contributed by atoms with Crippen molar-refractivity contribution in [2.24, 2.45) is 0 Å². The molecule has 2 N–H and O–H groups in total. The van der Waals surface area contributed by atoms with Crippen LogP contribution >= 0.6 is 11.6 Å². The van der Waals surface area contributed by atoms with Crippen molar-refractivity contribution in [3.8, 4) is 5.75 Å². The van der Waals surface area contributed by atoms with Crippen LogP contribution in [0, 0.1) is 6.92 Å². The van der Waals surface area contributed by atoms with Gasteiger partial charge in [-0.05, 0) is 63.2 Å². The first-order valence-corrected chi connectivity index (χ1v) is 9.23. The van der Waals surface area contributed by atoms with Crippen LogP contribution in [0.3, 0.4) is 0 Å². The molecule has 0 aliphatic carbocycles. The van der Waals surface area contributed by atoms with E-state index in [4.69, 9.17) is 16.3 Å². The molecule has 0 spiro atoms. The standard InChI is InChI=1S/C21H21ClN4O2/c1-13(2)28-18-9-7-16(8-10-18)26-21(27)19-12-20(24-14(3)23-19)25-17-6-4-5-15(22)11-17/h4-13H,1-3H3,(H,26,27)(H,23,24,25). The molecular formula is C21H21ClN4O2. The molecule has 2 aromatic carbocycles. The molecule has 3 rings (SSSR count). The van der Waals surface area contributed by atoms with Crippen molar-refractivity contribution in [2.45, 2.75) is 26.9 Å². The average molecular weight is 397 g/mol. The third kappa shape index (κ3) is 5.44. The zero-order valence-corrected chi connectivity index (χ0v) is 16.6. The van der Waals surface area contributed by atoms with Gasteiger partial charge in [-0.1, -0.05) is 17.7 Å². The Morgan fingerprint density at radius 3 is 2.46 bits per heavy atom. The van der Waals surface area contributed by atoms with Gasteiger partial charge in [0.25, 0.3) is 5.91 Å². The molecule has 0 bridgehead atoms. The highest BCUT2D eigenvalue weighted by Gasteiger charge is 2.12. The van der Waals surface area contributed by atoms with Gasteiger partial charge in [-0.25, -0.2) is 9.97 Å². The molecule has 0 fully saturated rings. The SMILES string of the molecule is Cc1nc(Nc2cccc(Cl)c2)cc(C(=O)Nc2ccc(OC(C)C)cc2)n1. The first-order valence-electron chi connectivity index (χ1n) is 8.85. The van der Waals surface area contributed by atoms with Crippen molar-refractivity contribution in [3.05, 3.63) is 71.1 Å². The Labute approximate surface area is 168 Å². The maximum absolute atomic E-state index is 12.6.